The van der Waals surface area contributed by atoms with E-state index >= 15 is 0 Å². The molecule has 0 aliphatic heterocycles. The van der Waals surface area contributed by atoms with Gasteiger partial charge in [0.05, 0.1) is 5.56 Å². The van der Waals surface area contributed by atoms with E-state index in [2.05, 4.69) is 22.6 Å². The van der Waals surface area contributed by atoms with Crippen LogP contribution in [0.3, 0.4) is 0 Å². The predicted molar refractivity (Wildman–Crippen MR) is 83.6 cm³/mol. The minimum Gasteiger partial charge on any atom is -0.334 e. The fourth-order valence-electron chi connectivity index (χ4n) is 2.06. The Morgan fingerprint density at radius 2 is 2.17 bits per heavy atom. The molecule has 0 bridgehead atoms. The van der Waals surface area contributed by atoms with Gasteiger partial charge in [-0.1, -0.05) is 11.6 Å². The molecule has 0 atom stereocenters. The quantitative estimate of drug-likeness (QED) is 0.551. The highest BCUT2D eigenvalue weighted by molar-refractivity contribution is 14.1. The van der Waals surface area contributed by atoms with Crippen LogP contribution in [0.2, 0.25) is 5.02 Å². The molecule has 2 nitrogen and oxygen atoms in total. The average molecular weight is 398 g/mol. The summed E-state index contributed by atoms with van der Waals surface area (Å²) in [4.78, 5) is 14.4. The molecule has 1 aromatic rings. The number of nitrogens with zero attached hydrogens (tertiary/aromatic N) is 1. The Morgan fingerprint density at radius 3 is 2.72 bits per heavy atom. The van der Waals surface area contributed by atoms with Gasteiger partial charge in [-0.3, -0.25) is 4.79 Å². The molecule has 2 rings (SSSR count). The molecule has 1 aliphatic rings. The van der Waals surface area contributed by atoms with E-state index in [-0.39, 0.29) is 5.91 Å². The summed E-state index contributed by atoms with van der Waals surface area (Å²) >= 11 is 13.9. The van der Waals surface area contributed by atoms with Crippen LogP contribution in [-0.4, -0.2) is 29.3 Å². The van der Waals surface area contributed by atoms with Gasteiger partial charge >= 0.3 is 0 Å². The van der Waals surface area contributed by atoms with E-state index in [0.717, 1.165) is 16.4 Å². The summed E-state index contributed by atoms with van der Waals surface area (Å²) in [6.45, 7) is 0.605. The number of amides is 1. The highest BCUT2D eigenvalue weighted by atomic mass is 127. The van der Waals surface area contributed by atoms with Gasteiger partial charge in [0.2, 0.25) is 0 Å². The highest BCUT2D eigenvalue weighted by Gasteiger charge is 2.29. The second-order valence-corrected chi connectivity index (χ2v) is 6.37. The zero-order valence-electron chi connectivity index (χ0n) is 9.83. The van der Waals surface area contributed by atoms with Crippen LogP contribution in [-0.2, 0) is 0 Å². The van der Waals surface area contributed by atoms with Crippen LogP contribution in [0, 0.1) is 3.57 Å². The van der Waals surface area contributed by atoms with E-state index in [0.29, 0.717) is 29.1 Å². The monoisotopic (exact) mass is 397 g/mol. The Morgan fingerprint density at radius 1 is 1.44 bits per heavy atom. The molecule has 1 aliphatic carbocycles. The number of carbonyl (C=O) groups excluding carboxylic acids is 1. The largest absolute Gasteiger partial charge is 0.334 e. The van der Waals surface area contributed by atoms with E-state index < -0.39 is 0 Å². The van der Waals surface area contributed by atoms with E-state index in [1.165, 1.54) is 6.42 Å². The van der Waals surface area contributed by atoms with Gasteiger partial charge in [0, 0.05) is 27.1 Å². The van der Waals surface area contributed by atoms with Gasteiger partial charge in [-0.05, 0) is 60.1 Å². The lowest BCUT2D eigenvalue weighted by molar-refractivity contribution is 0.0597. The fraction of sp³-hybridized carbons (Fsp3) is 0.462. The van der Waals surface area contributed by atoms with Crippen molar-refractivity contribution in [1.29, 1.82) is 0 Å². The summed E-state index contributed by atoms with van der Waals surface area (Å²) in [5.74, 6) is 0.520. The summed E-state index contributed by atoms with van der Waals surface area (Å²) in [7, 11) is 0. The minimum absolute atomic E-state index is 0.0484. The molecule has 0 saturated heterocycles. The molecule has 1 aromatic carbocycles. The maximum Gasteiger partial charge on any atom is 0.255 e. The van der Waals surface area contributed by atoms with Crippen LogP contribution in [0.4, 0.5) is 0 Å². The summed E-state index contributed by atoms with van der Waals surface area (Å²) in [6, 6.07) is 5.77. The Kier molecular flexibility index (Phi) is 5.15. The van der Waals surface area contributed by atoms with Gasteiger partial charge in [0.15, 0.2) is 0 Å². The molecule has 1 amide bonds. The molecule has 0 spiro atoms. The van der Waals surface area contributed by atoms with Crippen molar-refractivity contribution in [1.82, 2.24) is 4.90 Å². The van der Waals surface area contributed by atoms with Gasteiger partial charge in [0.1, 0.15) is 0 Å². The van der Waals surface area contributed by atoms with Crippen LogP contribution in [0.5, 0.6) is 0 Å². The van der Waals surface area contributed by atoms with Gasteiger partial charge in [-0.2, -0.15) is 0 Å². The standard InChI is InChI=1S/C13H14Cl2INO/c14-6-7-17(10-2-1-3-10)13(18)11-8-9(15)4-5-12(11)16/h4-5,8,10H,1-3,6-7H2. The molecule has 0 radical (unpaired) electrons. The van der Waals surface area contributed by atoms with Crippen LogP contribution in [0.1, 0.15) is 29.6 Å². The molecule has 0 unspecified atom stereocenters. The maximum atomic E-state index is 12.5. The topological polar surface area (TPSA) is 20.3 Å². The Bertz CT molecular complexity index is 449. The van der Waals surface area contributed by atoms with Crippen molar-refractivity contribution in [2.75, 3.05) is 12.4 Å². The van der Waals surface area contributed by atoms with Crippen molar-refractivity contribution in [2.24, 2.45) is 0 Å². The lowest BCUT2D eigenvalue weighted by Crippen LogP contribution is -2.45. The van der Waals surface area contributed by atoms with Crippen LogP contribution < -0.4 is 0 Å². The number of rotatable bonds is 4. The fourth-order valence-corrected chi connectivity index (χ4v) is 2.98. The molecular weight excluding hydrogens is 384 g/mol. The van der Waals surface area contributed by atoms with Crippen molar-refractivity contribution in [3.8, 4) is 0 Å². The number of benzene rings is 1. The number of hydrogen-bond acceptors (Lipinski definition) is 1. The third kappa shape index (κ3) is 3.11. The first kappa shape index (κ1) is 14.4. The third-order valence-electron chi connectivity index (χ3n) is 3.26. The number of alkyl halides is 1. The first-order valence-corrected chi connectivity index (χ1v) is 7.94. The molecule has 18 heavy (non-hydrogen) atoms. The third-order valence-corrected chi connectivity index (χ3v) is 4.61. The highest BCUT2D eigenvalue weighted by Crippen LogP contribution is 2.28. The average Bonchev–Trinajstić information content (AvgIpc) is 2.28. The van der Waals surface area contributed by atoms with Crippen LogP contribution in [0.15, 0.2) is 18.2 Å². The predicted octanol–water partition coefficient (Wildman–Crippen LogP) is 4.18. The van der Waals surface area contributed by atoms with Crippen molar-refractivity contribution >= 4 is 51.7 Å². The van der Waals surface area contributed by atoms with Crippen molar-refractivity contribution in [2.45, 2.75) is 25.3 Å². The molecule has 5 heteroatoms. The maximum absolute atomic E-state index is 12.5. The summed E-state index contributed by atoms with van der Waals surface area (Å²) in [5.41, 5.74) is 0.681. The molecule has 0 N–H and O–H groups in total. The molecule has 0 aromatic heterocycles. The van der Waals surface area contributed by atoms with Crippen LogP contribution in [0.25, 0.3) is 0 Å². The Balaban J connectivity index is 2.23. The van der Waals surface area contributed by atoms with E-state index in [9.17, 15) is 4.79 Å². The minimum atomic E-state index is 0.0484. The smallest absolute Gasteiger partial charge is 0.255 e. The van der Waals surface area contributed by atoms with E-state index in [1.54, 1.807) is 12.1 Å². The summed E-state index contributed by atoms with van der Waals surface area (Å²) < 4.78 is 0.931. The van der Waals surface area contributed by atoms with Gasteiger partial charge in [-0.25, -0.2) is 0 Å². The zero-order chi connectivity index (χ0) is 13.1. The van der Waals surface area contributed by atoms with Crippen molar-refractivity contribution in [3.05, 3.63) is 32.4 Å². The number of carbonyl (C=O) groups is 1. The molecular formula is C13H14Cl2INO. The second kappa shape index (κ2) is 6.44. The number of halogens is 3. The molecule has 1 saturated carbocycles. The van der Waals surface area contributed by atoms with E-state index in [1.807, 2.05) is 11.0 Å². The van der Waals surface area contributed by atoms with E-state index in [4.69, 9.17) is 23.2 Å². The van der Waals surface area contributed by atoms with Crippen LogP contribution >= 0.6 is 45.8 Å². The van der Waals surface area contributed by atoms with Gasteiger partial charge in [-0.15, -0.1) is 11.6 Å². The molecule has 0 heterocycles. The van der Waals surface area contributed by atoms with Gasteiger partial charge < -0.3 is 4.90 Å². The molecule has 1 fully saturated rings. The zero-order valence-corrected chi connectivity index (χ0v) is 13.5. The van der Waals surface area contributed by atoms with Crippen molar-refractivity contribution in [3.63, 3.8) is 0 Å². The normalized spacial score (nSPS) is 15.3. The lowest BCUT2D eigenvalue weighted by Gasteiger charge is -2.37. The lowest BCUT2D eigenvalue weighted by atomic mass is 9.91. The van der Waals surface area contributed by atoms with Crippen molar-refractivity contribution < 1.29 is 4.79 Å². The Hall–Kier alpha value is -0.000000000000000111. The first-order valence-electron chi connectivity index (χ1n) is 5.95. The number of hydrogen-bond donors (Lipinski definition) is 0. The first-order chi connectivity index (χ1) is 8.63. The summed E-state index contributed by atoms with van der Waals surface area (Å²) in [5, 5.41) is 0.596. The summed E-state index contributed by atoms with van der Waals surface area (Å²) in [6.07, 6.45) is 3.36. The molecule has 98 valence electrons. The SMILES string of the molecule is O=C(c1cc(Cl)ccc1I)N(CCCl)C1CCC1. The van der Waals surface area contributed by atoms with Gasteiger partial charge in [0.25, 0.3) is 5.91 Å². The second-order valence-electron chi connectivity index (χ2n) is 4.40. The Labute approximate surface area is 131 Å².